The Morgan fingerprint density at radius 1 is 1.39 bits per heavy atom. The molecule has 2 saturated carbocycles. The van der Waals surface area contributed by atoms with Gasteiger partial charge >= 0.3 is 11.9 Å². The van der Waals surface area contributed by atoms with Gasteiger partial charge in [-0.25, -0.2) is 9.68 Å². The summed E-state index contributed by atoms with van der Waals surface area (Å²) < 4.78 is 0. The molecular formula is C17H24O6. The summed E-state index contributed by atoms with van der Waals surface area (Å²) in [6.07, 6.45) is 2.80. The lowest BCUT2D eigenvalue weighted by Crippen LogP contribution is -2.60. The van der Waals surface area contributed by atoms with Crippen LogP contribution in [0.15, 0.2) is 24.3 Å². The van der Waals surface area contributed by atoms with Crippen LogP contribution in [0.5, 0.6) is 0 Å². The van der Waals surface area contributed by atoms with Crippen LogP contribution < -0.4 is 0 Å². The molecule has 2 aliphatic rings. The molecule has 2 rings (SSSR count). The summed E-state index contributed by atoms with van der Waals surface area (Å²) in [5.74, 6) is -2.82. The fraction of sp³-hybridized carbons (Fsp3) is 0.647. The Kier molecular flexibility index (Phi) is 4.69. The molecule has 128 valence electrons. The van der Waals surface area contributed by atoms with Gasteiger partial charge in [-0.05, 0) is 49.5 Å². The highest BCUT2D eigenvalue weighted by Crippen LogP contribution is 2.61. The highest BCUT2D eigenvalue weighted by Gasteiger charge is 2.61. The highest BCUT2D eigenvalue weighted by atomic mass is 17.1. The molecule has 0 amide bonds. The zero-order valence-corrected chi connectivity index (χ0v) is 13.4. The van der Waals surface area contributed by atoms with Gasteiger partial charge in [0.1, 0.15) is 5.60 Å². The summed E-state index contributed by atoms with van der Waals surface area (Å²) in [6.45, 7) is 9.58. The van der Waals surface area contributed by atoms with Crippen LogP contribution in [0.1, 0.15) is 45.4 Å². The lowest BCUT2D eigenvalue weighted by Gasteiger charge is -2.59. The number of fused-ring (bicyclic) bond motifs is 1. The first kappa shape index (κ1) is 17.7. The van der Waals surface area contributed by atoms with Crippen molar-refractivity contribution < 1.29 is 29.9 Å². The van der Waals surface area contributed by atoms with Gasteiger partial charge in [0, 0.05) is 17.4 Å². The molecule has 0 spiro atoms. The van der Waals surface area contributed by atoms with Gasteiger partial charge in [-0.1, -0.05) is 20.1 Å². The first-order valence-electron chi connectivity index (χ1n) is 7.82. The fourth-order valence-corrected chi connectivity index (χ4v) is 4.59. The van der Waals surface area contributed by atoms with Crippen LogP contribution in [0.25, 0.3) is 0 Å². The smallest absolute Gasteiger partial charge is 0.331 e. The van der Waals surface area contributed by atoms with E-state index < -0.39 is 28.9 Å². The fourth-order valence-electron chi connectivity index (χ4n) is 4.59. The van der Waals surface area contributed by atoms with E-state index in [2.05, 4.69) is 13.2 Å². The number of hydrogen-bond donors (Lipinski definition) is 3. The third-order valence-electron chi connectivity index (χ3n) is 6.02. The summed E-state index contributed by atoms with van der Waals surface area (Å²) in [7, 11) is 0. The summed E-state index contributed by atoms with van der Waals surface area (Å²) in [5.41, 5.74) is -0.985. The van der Waals surface area contributed by atoms with E-state index in [-0.39, 0.29) is 24.3 Å². The van der Waals surface area contributed by atoms with Gasteiger partial charge in [0.15, 0.2) is 0 Å². The van der Waals surface area contributed by atoms with E-state index in [1.807, 2.05) is 6.92 Å². The Morgan fingerprint density at radius 3 is 2.57 bits per heavy atom. The van der Waals surface area contributed by atoms with Gasteiger partial charge in [0.05, 0.1) is 0 Å². The first-order chi connectivity index (χ1) is 10.7. The van der Waals surface area contributed by atoms with Crippen molar-refractivity contribution in [3.8, 4) is 0 Å². The van der Waals surface area contributed by atoms with Gasteiger partial charge in [0.2, 0.25) is 0 Å². The molecule has 0 aromatic heterocycles. The molecule has 0 aliphatic heterocycles. The second-order valence-electron chi connectivity index (χ2n) is 7.05. The molecular weight excluding hydrogens is 300 g/mol. The van der Waals surface area contributed by atoms with Gasteiger partial charge in [-0.2, -0.15) is 0 Å². The maximum atomic E-state index is 11.3. The second-order valence-corrected chi connectivity index (χ2v) is 7.05. The van der Waals surface area contributed by atoms with Crippen molar-refractivity contribution in [1.82, 2.24) is 0 Å². The average molecular weight is 324 g/mol. The molecule has 0 heterocycles. The normalized spacial score (nSPS) is 37.0. The number of rotatable bonds is 5. The van der Waals surface area contributed by atoms with Crippen LogP contribution >= 0.6 is 0 Å². The maximum absolute atomic E-state index is 11.3. The summed E-state index contributed by atoms with van der Waals surface area (Å²) >= 11 is 0. The Hall–Kier alpha value is -1.66. The van der Waals surface area contributed by atoms with Crippen molar-refractivity contribution in [1.29, 1.82) is 0 Å². The van der Waals surface area contributed by atoms with Gasteiger partial charge in [0.25, 0.3) is 0 Å². The molecule has 4 atom stereocenters. The van der Waals surface area contributed by atoms with Crippen molar-refractivity contribution in [2.45, 2.75) is 51.0 Å². The van der Waals surface area contributed by atoms with Crippen LogP contribution in [0, 0.1) is 17.3 Å². The topological polar surface area (TPSA) is 104 Å². The SMILES string of the molecule is C=C(C(=O)O)C1CC(CC(=O)O)C2(C)CCCC(=C)C2(OO)C1. The van der Waals surface area contributed by atoms with Gasteiger partial charge < -0.3 is 10.2 Å². The third-order valence-corrected chi connectivity index (χ3v) is 6.02. The third kappa shape index (κ3) is 2.70. The van der Waals surface area contributed by atoms with Gasteiger partial charge in [-0.15, -0.1) is 0 Å². The Labute approximate surface area is 135 Å². The van der Waals surface area contributed by atoms with Crippen LogP contribution in [0.3, 0.4) is 0 Å². The molecule has 6 heteroatoms. The van der Waals surface area contributed by atoms with E-state index >= 15 is 0 Å². The number of aliphatic carboxylic acids is 2. The molecule has 0 aromatic rings. The molecule has 2 aliphatic carbocycles. The summed E-state index contributed by atoms with van der Waals surface area (Å²) in [6, 6.07) is 0. The lowest BCUT2D eigenvalue weighted by atomic mass is 9.48. The standard InChI is InChI=1S/C17H24O6/c1-10-5-4-6-16(3)13(8-14(18)19)7-12(11(2)15(20)21)9-17(10,16)23-22/h12-13,22H,1-2,4-9H2,3H3,(H,18,19)(H,20,21). The van der Waals surface area contributed by atoms with E-state index in [1.54, 1.807) is 0 Å². The molecule has 0 bridgehead atoms. The minimum atomic E-state index is -1.12. The molecule has 4 unspecified atom stereocenters. The number of hydrogen-bond acceptors (Lipinski definition) is 4. The molecule has 23 heavy (non-hydrogen) atoms. The van der Waals surface area contributed by atoms with E-state index in [4.69, 9.17) is 4.89 Å². The highest BCUT2D eigenvalue weighted by molar-refractivity contribution is 5.86. The summed E-state index contributed by atoms with van der Waals surface area (Å²) in [5, 5.41) is 28.2. The van der Waals surface area contributed by atoms with Crippen molar-refractivity contribution in [2.24, 2.45) is 17.3 Å². The van der Waals surface area contributed by atoms with Crippen molar-refractivity contribution in [3.63, 3.8) is 0 Å². The van der Waals surface area contributed by atoms with Crippen molar-refractivity contribution in [2.75, 3.05) is 0 Å². The molecule has 0 radical (unpaired) electrons. The van der Waals surface area contributed by atoms with E-state index in [1.165, 1.54) is 0 Å². The molecule has 2 fully saturated rings. The van der Waals surface area contributed by atoms with Crippen LogP contribution in [-0.2, 0) is 14.5 Å². The van der Waals surface area contributed by atoms with Crippen molar-refractivity contribution >= 4 is 11.9 Å². The zero-order chi connectivity index (χ0) is 17.4. The minimum Gasteiger partial charge on any atom is -0.481 e. The molecule has 0 aromatic carbocycles. The zero-order valence-electron chi connectivity index (χ0n) is 13.4. The van der Waals surface area contributed by atoms with Crippen molar-refractivity contribution in [3.05, 3.63) is 24.3 Å². The molecule has 0 saturated heterocycles. The Balaban J connectivity index is 2.49. The molecule has 6 nitrogen and oxygen atoms in total. The predicted molar refractivity (Wildman–Crippen MR) is 82.8 cm³/mol. The lowest BCUT2D eigenvalue weighted by molar-refractivity contribution is -0.361. The maximum Gasteiger partial charge on any atom is 0.331 e. The van der Waals surface area contributed by atoms with Crippen LogP contribution in [-0.4, -0.2) is 33.0 Å². The first-order valence-corrected chi connectivity index (χ1v) is 7.82. The average Bonchev–Trinajstić information content (AvgIpc) is 2.47. The summed E-state index contributed by atoms with van der Waals surface area (Å²) in [4.78, 5) is 27.5. The minimum absolute atomic E-state index is 0.0252. The predicted octanol–water partition coefficient (Wildman–Crippen LogP) is 3.10. The largest absolute Gasteiger partial charge is 0.481 e. The van der Waals surface area contributed by atoms with E-state index in [0.717, 1.165) is 6.42 Å². The Bertz CT molecular complexity index is 553. The van der Waals surface area contributed by atoms with Crippen LogP contribution in [0.4, 0.5) is 0 Å². The number of carbonyl (C=O) groups is 2. The molecule has 3 N–H and O–H groups in total. The Morgan fingerprint density at radius 2 is 2.04 bits per heavy atom. The van der Waals surface area contributed by atoms with Gasteiger partial charge in [-0.3, -0.25) is 10.1 Å². The van der Waals surface area contributed by atoms with E-state index in [0.29, 0.717) is 24.8 Å². The van der Waals surface area contributed by atoms with Crippen LogP contribution in [0.2, 0.25) is 0 Å². The second kappa shape index (κ2) is 6.09. The monoisotopic (exact) mass is 324 g/mol. The number of carboxylic acids is 2. The number of carboxylic acid groups (broad SMARTS) is 2. The quantitative estimate of drug-likeness (QED) is 0.311. The van der Waals surface area contributed by atoms with E-state index in [9.17, 15) is 25.1 Å².